The van der Waals surface area contributed by atoms with Crippen LogP contribution in [0.3, 0.4) is 0 Å². The molecule has 88 valence electrons. The Labute approximate surface area is 89.8 Å². The van der Waals surface area contributed by atoms with E-state index in [1.54, 1.807) is 0 Å². The Kier molecular flexibility index (Phi) is 7.62. The lowest BCUT2D eigenvalue weighted by molar-refractivity contribution is -0.142. The first kappa shape index (κ1) is 13.9. The zero-order chi connectivity index (χ0) is 11.7. The van der Waals surface area contributed by atoms with E-state index in [1.165, 1.54) is 7.11 Å². The first-order chi connectivity index (χ1) is 7.11. The van der Waals surface area contributed by atoms with Crippen LogP contribution in [0.4, 0.5) is 0 Å². The summed E-state index contributed by atoms with van der Waals surface area (Å²) in [4.78, 5) is 22.0. The second-order valence-electron chi connectivity index (χ2n) is 3.34. The molecule has 0 aromatic carbocycles. The molecule has 1 atom stereocenters. The van der Waals surface area contributed by atoms with E-state index in [1.807, 2.05) is 6.92 Å². The molecule has 1 unspecified atom stereocenters. The van der Waals surface area contributed by atoms with E-state index < -0.39 is 12.0 Å². The van der Waals surface area contributed by atoms with Gasteiger partial charge in [0.2, 0.25) is 5.91 Å². The number of unbranched alkanes of at least 4 members (excludes halogenated alkanes) is 1. The number of rotatable bonds is 8. The predicted molar refractivity (Wildman–Crippen MR) is 55.6 cm³/mol. The van der Waals surface area contributed by atoms with Crippen molar-refractivity contribution in [3.05, 3.63) is 0 Å². The maximum absolute atomic E-state index is 11.2. The van der Waals surface area contributed by atoms with Gasteiger partial charge in [-0.25, -0.2) is 4.79 Å². The van der Waals surface area contributed by atoms with Crippen molar-refractivity contribution in [2.45, 2.75) is 38.6 Å². The molecule has 0 heterocycles. The number of methoxy groups -OCH3 is 1. The molecule has 0 bridgehead atoms. The fourth-order valence-corrected chi connectivity index (χ4v) is 1.13. The molecule has 0 aromatic heterocycles. The lowest BCUT2D eigenvalue weighted by Gasteiger charge is -2.13. The molecule has 5 heteroatoms. The summed E-state index contributed by atoms with van der Waals surface area (Å²) < 4.78 is 4.73. The van der Waals surface area contributed by atoms with Crippen LogP contribution in [-0.2, 0) is 14.3 Å². The van der Waals surface area contributed by atoms with Crippen molar-refractivity contribution in [3.8, 4) is 0 Å². The summed E-state index contributed by atoms with van der Waals surface area (Å²) in [7, 11) is 1.50. The number of carbonyl (C=O) groups excluding carboxylic acids is 1. The number of carboxylic acids is 1. The minimum absolute atomic E-state index is 0.201. The highest BCUT2D eigenvalue weighted by Gasteiger charge is 2.18. The van der Waals surface area contributed by atoms with Crippen LogP contribution in [0.1, 0.15) is 32.6 Å². The molecule has 0 aliphatic heterocycles. The van der Waals surface area contributed by atoms with Gasteiger partial charge in [-0.3, -0.25) is 4.79 Å². The third kappa shape index (κ3) is 6.90. The maximum Gasteiger partial charge on any atom is 0.326 e. The standard InChI is InChI=1S/C10H19NO4/c1-3-4-5-8(10(13)14)11-9(12)6-7-15-2/h8H,3-7H2,1-2H3,(H,11,12)(H,13,14). The van der Waals surface area contributed by atoms with Crippen molar-refractivity contribution in [2.75, 3.05) is 13.7 Å². The van der Waals surface area contributed by atoms with Gasteiger partial charge >= 0.3 is 5.97 Å². The maximum atomic E-state index is 11.2. The zero-order valence-corrected chi connectivity index (χ0v) is 9.28. The van der Waals surface area contributed by atoms with Crippen molar-refractivity contribution >= 4 is 11.9 Å². The number of ether oxygens (including phenoxy) is 1. The highest BCUT2D eigenvalue weighted by atomic mass is 16.5. The molecule has 0 aliphatic carbocycles. The Morgan fingerprint density at radius 2 is 2.13 bits per heavy atom. The Morgan fingerprint density at radius 1 is 1.47 bits per heavy atom. The largest absolute Gasteiger partial charge is 0.480 e. The average molecular weight is 217 g/mol. The quantitative estimate of drug-likeness (QED) is 0.630. The fraction of sp³-hybridized carbons (Fsp3) is 0.800. The summed E-state index contributed by atoms with van der Waals surface area (Å²) in [6.07, 6.45) is 2.39. The second-order valence-corrected chi connectivity index (χ2v) is 3.34. The third-order valence-corrected chi connectivity index (χ3v) is 2.01. The van der Waals surface area contributed by atoms with Crippen molar-refractivity contribution in [2.24, 2.45) is 0 Å². The molecule has 1 amide bonds. The summed E-state index contributed by atoms with van der Waals surface area (Å²) in [6, 6.07) is -0.769. The first-order valence-corrected chi connectivity index (χ1v) is 5.13. The molecular weight excluding hydrogens is 198 g/mol. The van der Waals surface area contributed by atoms with Gasteiger partial charge in [0.05, 0.1) is 6.61 Å². The highest BCUT2D eigenvalue weighted by molar-refractivity contribution is 5.83. The molecule has 15 heavy (non-hydrogen) atoms. The van der Waals surface area contributed by atoms with Crippen molar-refractivity contribution in [1.29, 1.82) is 0 Å². The molecule has 0 rings (SSSR count). The van der Waals surface area contributed by atoms with Crippen LogP contribution in [0.15, 0.2) is 0 Å². The van der Waals surface area contributed by atoms with E-state index in [4.69, 9.17) is 9.84 Å². The van der Waals surface area contributed by atoms with Gasteiger partial charge < -0.3 is 15.2 Å². The molecule has 0 aromatic rings. The number of amides is 1. The molecule has 2 N–H and O–H groups in total. The van der Waals surface area contributed by atoms with Crippen LogP contribution >= 0.6 is 0 Å². The Hall–Kier alpha value is -1.10. The lowest BCUT2D eigenvalue weighted by Crippen LogP contribution is -2.41. The topological polar surface area (TPSA) is 75.6 Å². The number of hydrogen-bond acceptors (Lipinski definition) is 3. The van der Waals surface area contributed by atoms with E-state index in [0.29, 0.717) is 13.0 Å². The highest BCUT2D eigenvalue weighted by Crippen LogP contribution is 2.01. The van der Waals surface area contributed by atoms with Gasteiger partial charge in [-0.05, 0) is 6.42 Å². The van der Waals surface area contributed by atoms with Crippen molar-refractivity contribution in [3.63, 3.8) is 0 Å². The monoisotopic (exact) mass is 217 g/mol. The van der Waals surface area contributed by atoms with E-state index in [-0.39, 0.29) is 12.3 Å². The van der Waals surface area contributed by atoms with Crippen LogP contribution in [0.2, 0.25) is 0 Å². The Bertz CT molecular complexity index is 206. The average Bonchev–Trinajstić information content (AvgIpc) is 2.20. The summed E-state index contributed by atoms with van der Waals surface area (Å²) in [5, 5.41) is 11.3. The van der Waals surface area contributed by atoms with E-state index in [0.717, 1.165) is 12.8 Å². The fourth-order valence-electron chi connectivity index (χ4n) is 1.13. The molecule has 0 radical (unpaired) electrons. The van der Waals surface area contributed by atoms with Gasteiger partial charge in [0.25, 0.3) is 0 Å². The van der Waals surface area contributed by atoms with Crippen LogP contribution in [0.5, 0.6) is 0 Å². The van der Waals surface area contributed by atoms with Gasteiger partial charge in [-0.2, -0.15) is 0 Å². The normalized spacial score (nSPS) is 12.1. The second kappa shape index (κ2) is 8.23. The number of nitrogens with one attached hydrogen (secondary N) is 1. The van der Waals surface area contributed by atoms with Crippen LogP contribution < -0.4 is 5.32 Å². The smallest absolute Gasteiger partial charge is 0.326 e. The molecule has 0 aliphatic rings. The van der Waals surface area contributed by atoms with Crippen molar-refractivity contribution in [1.82, 2.24) is 5.32 Å². The minimum Gasteiger partial charge on any atom is -0.480 e. The van der Waals surface area contributed by atoms with E-state index in [9.17, 15) is 9.59 Å². The molecular formula is C10H19NO4. The van der Waals surface area contributed by atoms with Gasteiger partial charge in [0, 0.05) is 13.5 Å². The number of hydrogen-bond donors (Lipinski definition) is 2. The molecule has 0 fully saturated rings. The summed E-state index contributed by atoms with van der Waals surface area (Å²) >= 11 is 0. The van der Waals surface area contributed by atoms with E-state index >= 15 is 0 Å². The SMILES string of the molecule is CCCCC(NC(=O)CCOC)C(=O)O. The lowest BCUT2D eigenvalue weighted by atomic mass is 10.1. The van der Waals surface area contributed by atoms with Crippen LogP contribution in [-0.4, -0.2) is 36.7 Å². The van der Waals surface area contributed by atoms with Gasteiger partial charge in [0.15, 0.2) is 0 Å². The molecule has 0 saturated carbocycles. The molecule has 0 saturated heterocycles. The molecule has 0 spiro atoms. The van der Waals surface area contributed by atoms with Crippen LogP contribution in [0.25, 0.3) is 0 Å². The van der Waals surface area contributed by atoms with Crippen LogP contribution in [0, 0.1) is 0 Å². The van der Waals surface area contributed by atoms with Gasteiger partial charge in [-0.15, -0.1) is 0 Å². The number of carbonyl (C=O) groups is 2. The third-order valence-electron chi connectivity index (χ3n) is 2.01. The van der Waals surface area contributed by atoms with E-state index in [2.05, 4.69) is 5.32 Å². The van der Waals surface area contributed by atoms with Gasteiger partial charge in [0.1, 0.15) is 6.04 Å². The number of aliphatic carboxylic acids is 1. The Morgan fingerprint density at radius 3 is 2.60 bits per heavy atom. The van der Waals surface area contributed by atoms with Gasteiger partial charge in [-0.1, -0.05) is 19.8 Å². The summed E-state index contributed by atoms with van der Waals surface area (Å²) in [6.45, 7) is 2.29. The summed E-state index contributed by atoms with van der Waals surface area (Å²) in [5.74, 6) is -1.26. The molecule has 5 nitrogen and oxygen atoms in total. The minimum atomic E-state index is -0.978. The first-order valence-electron chi connectivity index (χ1n) is 5.13. The Balaban J connectivity index is 3.93. The zero-order valence-electron chi connectivity index (χ0n) is 9.28. The summed E-state index contributed by atoms with van der Waals surface area (Å²) in [5.41, 5.74) is 0. The predicted octanol–water partition coefficient (Wildman–Crippen LogP) is 0.782. The number of carboxylic acid groups (broad SMARTS) is 1. The van der Waals surface area contributed by atoms with Crippen molar-refractivity contribution < 1.29 is 19.4 Å².